The van der Waals surface area contributed by atoms with Crippen molar-refractivity contribution in [2.24, 2.45) is 0 Å². The molecule has 0 saturated carbocycles. The number of ether oxygens (including phenoxy) is 1. The van der Waals surface area contributed by atoms with Crippen molar-refractivity contribution in [3.63, 3.8) is 0 Å². The average Bonchev–Trinajstić information content (AvgIpc) is 3.18. The largest absolute Gasteiger partial charge is 0.468 e. The molecule has 0 amide bonds. The van der Waals surface area contributed by atoms with Crippen molar-refractivity contribution in [3.05, 3.63) is 71.6 Å². The Morgan fingerprint density at radius 3 is 2.53 bits per heavy atom. The Morgan fingerprint density at radius 1 is 1.13 bits per heavy atom. The fourth-order valence-corrected chi connectivity index (χ4v) is 4.64. The van der Waals surface area contributed by atoms with E-state index in [1.165, 1.54) is 18.9 Å². The molecule has 0 N–H and O–H groups in total. The molecule has 0 spiro atoms. The smallest absolute Gasteiger partial charge is 0.319 e. The molecule has 5 nitrogen and oxygen atoms in total. The zero-order chi connectivity index (χ0) is 21.1. The molecule has 152 valence electrons. The number of esters is 1. The molecule has 0 fully saturated rings. The summed E-state index contributed by atoms with van der Waals surface area (Å²) >= 11 is 4.92. The summed E-state index contributed by atoms with van der Waals surface area (Å²) in [6.45, 7) is 1.97. The molecule has 0 saturated heterocycles. The van der Waals surface area contributed by atoms with Crippen LogP contribution in [0.1, 0.15) is 13.3 Å². The lowest BCUT2D eigenvalue weighted by atomic mass is 10.1. The third kappa shape index (κ3) is 4.00. The Bertz CT molecular complexity index is 1180. The van der Waals surface area contributed by atoms with Gasteiger partial charge in [0.1, 0.15) is 22.3 Å². The minimum Gasteiger partial charge on any atom is -0.468 e. The highest BCUT2D eigenvalue weighted by atomic mass is 79.9. The average molecular weight is 482 g/mol. The van der Waals surface area contributed by atoms with Gasteiger partial charge in [-0.3, -0.25) is 4.79 Å². The quantitative estimate of drug-likeness (QED) is 0.195. The van der Waals surface area contributed by atoms with Crippen LogP contribution in [0, 0.1) is 0 Å². The maximum atomic E-state index is 12.2. The number of hydrogen-bond donors (Lipinski definition) is 0. The van der Waals surface area contributed by atoms with Crippen LogP contribution in [-0.2, 0) is 9.53 Å². The molecule has 2 aromatic carbocycles. The monoisotopic (exact) mass is 481 g/mol. The Labute approximate surface area is 187 Å². The van der Waals surface area contributed by atoms with Gasteiger partial charge in [0.15, 0.2) is 0 Å². The van der Waals surface area contributed by atoms with Crippen LogP contribution in [0.4, 0.5) is 0 Å². The Hall–Kier alpha value is -2.64. The lowest BCUT2D eigenvalue weighted by Crippen LogP contribution is -2.17. The standard InChI is InChI=1S/C23H20BrN3O2S/c1-3-19(23(28)29-2)30-22-20-18(15-7-5-4-6-8-15)13-27(21(20)25-14-26-22)17-11-9-16(24)10-12-17/h4-14,19H,3H2,1-2H3. The van der Waals surface area contributed by atoms with Gasteiger partial charge in [0.2, 0.25) is 0 Å². The number of nitrogens with zero attached hydrogens (tertiary/aromatic N) is 3. The molecule has 4 rings (SSSR count). The van der Waals surface area contributed by atoms with E-state index in [2.05, 4.69) is 48.8 Å². The third-order valence-electron chi connectivity index (χ3n) is 4.83. The molecule has 0 aliphatic carbocycles. The van der Waals surface area contributed by atoms with Crippen LogP contribution in [0.15, 0.2) is 76.6 Å². The van der Waals surface area contributed by atoms with Crippen LogP contribution in [0.5, 0.6) is 0 Å². The molecule has 0 aliphatic heterocycles. The predicted molar refractivity (Wildman–Crippen MR) is 124 cm³/mol. The highest BCUT2D eigenvalue weighted by molar-refractivity contribution is 9.10. The van der Waals surface area contributed by atoms with Gasteiger partial charge in [-0.05, 0) is 36.2 Å². The number of carbonyl (C=O) groups is 1. The molecule has 0 bridgehead atoms. The lowest BCUT2D eigenvalue weighted by Gasteiger charge is -2.12. The van der Waals surface area contributed by atoms with E-state index in [1.807, 2.05) is 49.4 Å². The Morgan fingerprint density at radius 2 is 1.87 bits per heavy atom. The van der Waals surface area contributed by atoms with Gasteiger partial charge >= 0.3 is 5.97 Å². The topological polar surface area (TPSA) is 57.0 Å². The summed E-state index contributed by atoms with van der Waals surface area (Å²) < 4.78 is 8.05. The van der Waals surface area contributed by atoms with Crippen molar-refractivity contribution >= 4 is 44.7 Å². The summed E-state index contributed by atoms with van der Waals surface area (Å²) in [4.78, 5) is 21.3. The number of methoxy groups -OCH3 is 1. The third-order valence-corrected chi connectivity index (χ3v) is 6.70. The molecule has 1 atom stereocenters. The van der Waals surface area contributed by atoms with Crippen molar-refractivity contribution in [3.8, 4) is 16.8 Å². The molecule has 1 unspecified atom stereocenters. The Balaban J connectivity index is 1.93. The number of halogens is 1. The van der Waals surface area contributed by atoms with E-state index in [0.29, 0.717) is 6.42 Å². The van der Waals surface area contributed by atoms with E-state index in [-0.39, 0.29) is 11.2 Å². The van der Waals surface area contributed by atoms with Gasteiger partial charge in [-0.2, -0.15) is 0 Å². The van der Waals surface area contributed by atoms with Crippen molar-refractivity contribution in [2.75, 3.05) is 7.11 Å². The summed E-state index contributed by atoms with van der Waals surface area (Å²) in [5.41, 5.74) is 3.89. The normalized spacial score (nSPS) is 12.1. The van der Waals surface area contributed by atoms with E-state index in [9.17, 15) is 4.79 Å². The fourth-order valence-electron chi connectivity index (χ4n) is 3.32. The van der Waals surface area contributed by atoms with E-state index in [1.54, 1.807) is 6.33 Å². The molecular formula is C23H20BrN3O2S. The molecule has 2 aromatic heterocycles. The van der Waals surface area contributed by atoms with Crippen LogP contribution in [0.25, 0.3) is 27.8 Å². The Kier molecular flexibility index (Phi) is 6.20. The van der Waals surface area contributed by atoms with Gasteiger partial charge in [-0.15, -0.1) is 0 Å². The highest BCUT2D eigenvalue weighted by Gasteiger charge is 2.23. The summed E-state index contributed by atoms with van der Waals surface area (Å²) in [7, 11) is 1.42. The van der Waals surface area contributed by atoms with Gasteiger partial charge < -0.3 is 9.30 Å². The molecule has 7 heteroatoms. The molecule has 2 heterocycles. The zero-order valence-electron chi connectivity index (χ0n) is 16.6. The minimum atomic E-state index is -0.326. The van der Waals surface area contributed by atoms with E-state index in [4.69, 9.17) is 4.74 Å². The van der Waals surface area contributed by atoms with Gasteiger partial charge in [0.25, 0.3) is 0 Å². The number of aromatic nitrogens is 3. The first-order valence-electron chi connectivity index (χ1n) is 9.54. The maximum absolute atomic E-state index is 12.2. The maximum Gasteiger partial charge on any atom is 0.319 e. The van der Waals surface area contributed by atoms with Gasteiger partial charge in [0, 0.05) is 21.9 Å². The first-order valence-corrected chi connectivity index (χ1v) is 11.2. The molecule has 0 radical (unpaired) electrons. The van der Waals surface area contributed by atoms with Crippen molar-refractivity contribution in [2.45, 2.75) is 23.6 Å². The number of thioether (sulfide) groups is 1. The van der Waals surface area contributed by atoms with Crippen LogP contribution >= 0.6 is 27.7 Å². The molecule has 30 heavy (non-hydrogen) atoms. The number of benzene rings is 2. The van der Waals surface area contributed by atoms with Gasteiger partial charge in [0.05, 0.1) is 12.5 Å². The predicted octanol–water partition coefficient (Wildman–Crippen LogP) is 5.89. The van der Waals surface area contributed by atoms with E-state index >= 15 is 0 Å². The van der Waals surface area contributed by atoms with Crippen molar-refractivity contribution in [1.82, 2.24) is 14.5 Å². The first-order chi connectivity index (χ1) is 14.6. The molecule has 0 aliphatic rings. The van der Waals surface area contributed by atoms with Crippen LogP contribution in [0.2, 0.25) is 0 Å². The first kappa shape index (κ1) is 20.6. The minimum absolute atomic E-state index is 0.247. The van der Waals surface area contributed by atoms with Crippen LogP contribution < -0.4 is 0 Å². The SMILES string of the molecule is CCC(Sc1ncnc2c1c(-c1ccccc1)cn2-c1ccc(Br)cc1)C(=O)OC. The van der Waals surface area contributed by atoms with E-state index < -0.39 is 0 Å². The second-order valence-corrected chi connectivity index (χ2v) is 8.78. The molecule has 4 aromatic rings. The number of hydrogen-bond acceptors (Lipinski definition) is 5. The number of rotatable bonds is 6. The summed E-state index contributed by atoms with van der Waals surface area (Å²) in [6.07, 6.45) is 4.29. The lowest BCUT2D eigenvalue weighted by molar-refractivity contribution is -0.140. The number of carbonyl (C=O) groups excluding carboxylic acids is 1. The van der Waals surface area contributed by atoms with Crippen LogP contribution in [-0.4, -0.2) is 32.9 Å². The fraction of sp³-hybridized carbons (Fsp3) is 0.174. The van der Waals surface area contributed by atoms with Crippen LogP contribution in [0.3, 0.4) is 0 Å². The summed E-state index contributed by atoms with van der Waals surface area (Å²) in [5, 5.41) is 1.37. The highest BCUT2D eigenvalue weighted by Crippen LogP contribution is 2.38. The van der Waals surface area contributed by atoms with Gasteiger partial charge in [-0.1, -0.05) is 64.9 Å². The molecular weight excluding hydrogens is 462 g/mol. The van der Waals surface area contributed by atoms with E-state index in [0.717, 1.165) is 37.3 Å². The second kappa shape index (κ2) is 9.02. The van der Waals surface area contributed by atoms with Crippen molar-refractivity contribution < 1.29 is 9.53 Å². The number of fused-ring (bicyclic) bond motifs is 1. The van der Waals surface area contributed by atoms with Gasteiger partial charge in [-0.25, -0.2) is 9.97 Å². The summed E-state index contributed by atoms with van der Waals surface area (Å²) in [5.74, 6) is -0.247. The summed E-state index contributed by atoms with van der Waals surface area (Å²) in [6, 6.07) is 18.2. The zero-order valence-corrected chi connectivity index (χ0v) is 19.0. The van der Waals surface area contributed by atoms with Crippen molar-refractivity contribution in [1.29, 1.82) is 0 Å². The second-order valence-electron chi connectivity index (χ2n) is 6.67.